The van der Waals surface area contributed by atoms with E-state index in [1.54, 1.807) is 14.0 Å². The van der Waals surface area contributed by atoms with Gasteiger partial charge in [-0.3, -0.25) is 14.6 Å². The van der Waals surface area contributed by atoms with Crippen molar-refractivity contribution in [2.24, 2.45) is 7.05 Å². The van der Waals surface area contributed by atoms with E-state index in [9.17, 15) is 4.79 Å². The molecule has 0 fully saturated rings. The first kappa shape index (κ1) is 7.61. The van der Waals surface area contributed by atoms with Crippen molar-refractivity contribution in [3.05, 3.63) is 21.6 Å². The van der Waals surface area contributed by atoms with Crippen molar-refractivity contribution < 1.29 is 0 Å². The van der Waals surface area contributed by atoms with Crippen LogP contribution in [0, 0.1) is 18.3 Å². The summed E-state index contributed by atoms with van der Waals surface area (Å²) in [5, 5.41) is 11.2. The molecule has 4 heteroatoms. The van der Waals surface area contributed by atoms with Crippen molar-refractivity contribution in [2.45, 2.75) is 13.3 Å². The molecule has 1 heterocycles. The van der Waals surface area contributed by atoms with E-state index in [-0.39, 0.29) is 12.0 Å². The van der Waals surface area contributed by atoms with Crippen LogP contribution >= 0.6 is 0 Å². The first-order valence-electron chi connectivity index (χ1n) is 3.28. The fraction of sp³-hybridized carbons (Fsp3) is 0.429. The minimum atomic E-state index is -0.107. The Morgan fingerprint density at radius 1 is 1.73 bits per heavy atom. The molecule has 0 aliphatic rings. The number of nitriles is 1. The van der Waals surface area contributed by atoms with Crippen molar-refractivity contribution in [1.82, 2.24) is 9.78 Å². The van der Waals surface area contributed by atoms with Gasteiger partial charge in [0.25, 0.3) is 5.56 Å². The first-order chi connectivity index (χ1) is 5.16. The number of nitrogens with one attached hydrogen (secondary N) is 1. The van der Waals surface area contributed by atoms with Crippen LogP contribution in [0.25, 0.3) is 0 Å². The lowest BCUT2D eigenvalue weighted by Crippen LogP contribution is -2.14. The molecule has 58 valence electrons. The number of H-pyrrole nitrogens is 1. The summed E-state index contributed by atoms with van der Waals surface area (Å²) in [4.78, 5) is 11.2. The molecule has 4 nitrogen and oxygen atoms in total. The lowest BCUT2D eigenvalue weighted by molar-refractivity contribution is 0.730. The highest BCUT2D eigenvalue weighted by Crippen LogP contribution is 1.97. The monoisotopic (exact) mass is 151 g/mol. The number of aromatic nitrogens is 2. The maximum absolute atomic E-state index is 11.2. The van der Waals surface area contributed by atoms with E-state index in [0.717, 1.165) is 5.69 Å². The molecular formula is C7H9N3O. The normalized spacial score (nSPS) is 9.55. The molecule has 1 aromatic heterocycles. The second-order valence-corrected chi connectivity index (χ2v) is 2.41. The maximum Gasteiger partial charge on any atom is 0.270 e. The molecule has 0 spiro atoms. The predicted octanol–water partition coefficient (Wildman–Crippen LogP) is 0.0879. The maximum atomic E-state index is 11.2. The Kier molecular flexibility index (Phi) is 1.81. The Morgan fingerprint density at radius 2 is 2.36 bits per heavy atom. The quantitative estimate of drug-likeness (QED) is 0.618. The lowest BCUT2D eigenvalue weighted by atomic mass is 10.2. The molecule has 11 heavy (non-hydrogen) atoms. The van der Waals surface area contributed by atoms with Gasteiger partial charge in [0.05, 0.1) is 18.1 Å². The molecular weight excluding hydrogens is 142 g/mol. The molecule has 0 aromatic carbocycles. The van der Waals surface area contributed by atoms with Gasteiger partial charge in [0.2, 0.25) is 0 Å². The molecule has 0 amide bonds. The highest BCUT2D eigenvalue weighted by Gasteiger charge is 2.06. The van der Waals surface area contributed by atoms with Gasteiger partial charge in [-0.1, -0.05) is 0 Å². The number of hydrogen-bond donors (Lipinski definition) is 1. The molecule has 0 saturated carbocycles. The van der Waals surface area contributed by atoms with Gasteiger partial charge in [-0.15, -0.1) is 0 Å². The number of rotatable bonds is 1. The zero-order chi connectivity index (χ0) is 8.43. The smallest absolute Gasteiger partial charge is 0.270 e. The largest absolute Gasteiger partial charge is 0.300 e. The second-order valence-electron chi connectivity index (χ2n) is 2.41. The summed E-state index contributed by atoms with van der Waals surface area (Å²) in [5.74, 6) is 0. The number of hydrogen-bond acceptors (Lipinski definition) is 2. The standard InChI is InChI=1S/C7H9N3O/c1-5-6(3-4-8)7(11)10(2)9-5/h9H,3H2,1-2H3. The number of aromatic amines is 1. The van der Waals surface area contributed by atoms with Gasteiger partial charge in [0.15, 0.2) is 0 Å². The van der Waals surface area contributed by atoms with Crippen LogP contribution in [0.2, 0.25) is 0 Å². The van der Waals surface area contributed by atoms with Gasteiger partial charge < -0.3 is 0 Å². The van der Waals surface area contributed by atoms with E-state index in [1.807, 2.05) is 6.07 Å². The number of aryl methyl sites for hydroxylation is 2. The molecule has 0 aliphatic carbocycles. The SMILES string of the molecule is Cc1[nH]n(C)c(=O)c1CC#N. The minimum Gasteiger partial charge on any atom is -0.300 e. The van der Waals surface area contributed by atoms with Crippen molar-refractivity contribution in [2.75, 3.05) is 0 Å². The van der Waals surface area contributed by atoms with Gasteiger partial charge in [-0.05, 0) is 6.92 Å². The first-order valence-corrected chi connectivity index (χ1v) is 3.28. The zero-order valence-electron chi connectivity index (χ0n) is 6.51. The summed E-state index contributed by atoms with van der Waals surface area (Å²) in [6, 6.07) is 1.95. The molecule has 0 unspecified atom stereocenters. The van der Waals surface area contributed by atoms with Crippen LogP contribution in [0.15, 0.2) is 4.79 Å². The fourth-order valence-corrected chi connectivity index (χ4v) is 1.02. The Morgan fingerprint density at radius 3 is 2.73 bits per heavy atom. The summed E-state index contributed by atoms with van der Waals surface area (Å²) >= 11 is 0. The van der Waals surface area contributed by atoms with Crippen LogP contribution in [0.3, 0.4) is 0 Å². The van der Waals surface area contributed by atoms with Crippen LogP contribution < -0.4 is 5.56 Å². The second kappa shape index (κ2) is 2.62. The Bertz CT molecular complexity index is 353. The fourth-order valence-electron chi connectivity index (χ4n) is 1.02. The summed E-state index contributed by atoms with van der Waals surface area (Å²) < 4.78 is 1.38. The van der Waals surface area contributed by atoms with Crippen molar-refractivity contribution in [1.29, 1.82) is 5.26 Å². The van der Waals surface area contributed by atoms with Gasteiger partial charge in [-0.2, -0.15) is 5.26 Å². The van der Waals surface area contributed by atoms with E-state index < -0.39 is 0 Å². The van der Waals surface area contributed by atoms with E-state index in [0.29, 0.717) is 5.56 Å². The summed E-state index contributed by atoms with van der Waals surface area (Å²) in [6.07, 6.45) is 0.183. The van der Waals surface area contributed by atoms with Crippen LogP contribution in [0.4, 0.5) is 0 Å². The zero-order valence-corrected chi connectivity index (χ0v) is 6.51. The highest BCUT2D eigenvalue weighted by molar-refractivity contribution is 5.19. The number of nitrogens with zero attached hydrogens (tertiary/aromatic N) is 2. The summed E-state index contributed by atoms with van der Waals surface area (Å²) in [5.41, 5.74) is 1.23. The third-order valence-corrected chi connectivity index (χ3v) is 1.61. The van der Waals surface area contributed by atoms with Crippen LogP contribution in [0.1, 0.15) is 11.3 Å². The molecule has 0 aliphatic heterocycles. The summed E-state index contributed by atoms with van der Waals surface area (Å²) in [6.45, 7) is 1.79. The molecule has 0 atom stereocenters. The van der Waals surface area contributed by atoms with Crippen LogP contribution in [-0.2, 0) is 13.5 Å². The van der Waals surface area contributed by atoms with Crippen LogP contribution in [0.5, 0.6) is 0 Å². The van der Waals surface area contributed by atoms with E-state index in [4.69, 9.17) is 5.26 Å². The van der Waals surface area contributed by atoms with Gasteiger partial charge >= 0.3 is 0 Å². The lowest BCUT2D eigenvalue weighted by Gasteiger charge is -1.84. The Hall–Kier alpha value is -1.50. The third-order valence-electron chi connectivity index (χ3n) is 1.61. The summed E-state index contributed by atoms with van der Waals surface area (Å²) in [7, 11) is 1.64. The van der Waals surface area contributed by atoms with Crippen molar-refractivity contribution in [3.8, 4) is 6.07 Å². The molecule has 0 bridgehead atoms. The van der Waals surface area contributed by atoms with Gasteiger partial charge in [0, 0.05) is 12.7 Å². The predicted molar refractivity (Wildman–Crippen MR) is 40.1 cm³/mol. The average Bonchev–Trinajstić information content (AvgIpc) is 2.17. The highest BCUT2D eigenvalue weighted by atomic mass is 16.1. The Balaban J connectivity index is 3.26. The van der Waals surface area contributed by atoms with E-state index >= 15 is 0 Å². The third kappa shape index (κ3) is 1.17. The molecule has 1 N–H and O–H groups in total. The molecule has 1 rings (SSSR count). The molecule has 0 radical (unpaired) electrons. The van der Waals surface area contributed by atoms with Gasteiger partial charge in [-0.25, -0.2) is 0 Å². The topological polar surface area (TPSA) is 61.6 Å². The van der Waals surface area contributed by atoms with E-state index in [2.05, 4.69) is 5.10 Å². The average molecular weight is 151 g/mol. The Labute approximate surface area is 64.1 Å². The van der Waals surface area contributed by atoms with E-state index in [1.165, 1.54) is 4.68 Å². The molecule has 0 saturated heterocycles. The van der Waals surface area contributed by atoms with Gasteiger partial charge in [0.1, 0.15) is 0 Å². The van der Waals surface area contributed by atoms with Crippen LogP contribution in [-0.4, -0.2) is 9.78 Å². The van der Waals surface area contributed by atoms with Crippen molar-refractivity contribution >= 4 is 0 Å². The minimum absolute atomic E-state index is 0.107. The molecule has 1 aromatic rings. The van der Waals surface area contributed by atoms with Crippen molar-refractivity contribution in [3.63, 3.8) is 0 Å².